The molecule has 2 aliphatic heterocycles. The molecule has 12 heavy (non-hydrogen) atoms. The van der Waals surface area contributed by atoms with Gasteiger partial charge in [-0.1, -0.05) is 6.32 Å². The lowest BCUT2D eigenvalue weighted by atomic mass is 9.66. The highest BCUT2D eigenvalue weighted by atomic mass is 16.6. The van der Waals surface area contributed by atoms with Crippen molar-refractivity contribution in [1.82, 2.24) is 4.81 Å². The van der Waals surface area contributed by atoms with Gasteiger partial charge in [0.2, 0.25) is 0 Å². The highest BCUT2D eigenvalue weighted by Crippen LogP contribution is 2.29. The van der Waals surface area contributed by atoms with Crippen LogP contribution in [0.1, 0.15) is 6.42 Å². The molecule has 2 aliphatic rings. The Morgan fingerprint density at radius 3 is 2.58 bits per heavy atom. The lowest BCUT2D eigenvalue weighted by Crippen LogP contribution is -2.46. The van der Waals surface area contributed by atoms with Gasteiger partial charge in [0.25, 0.3) is 0 Å². The van der Waals surface area contributed by atoms with E-state index >= 15 is 0 Å². The fraction of sp³-hybridized carbons (Fsp3) is 0.857. The van der Waals surface area contributed by atoms with Crippen molar-refractivity contribution < 1.29 is 9.31 Å². The summed E-state index contributed by atoms with van der Waals surface area (Å²) in [6.45, 7) is 2.24. The van der Waals surface area contributed by atoms with Crippen LogP contribution in [0.4, 0.5) is 0 Å². The fourth-order valence-electron chi connectivity index (χ4n) is 2.07. The summed E-state index contributed by atoms with van der Waals surface area (Å²) in [6, 6.07) is 2.13. The first-order valence-corrected chi connectivity index (χ1v) is 4.42. The molecule has 0 N–H and O–H groups in total. The molecular weight excluding hydrogens is 155 g/mol. The lowest BCUT2D eigenvalue weighted by Gasteiger charge is -2.35. The Bertz CT molecular complexity index is 206. The van der Waals surface area contributed by atoms with Crippen molar-refractivity contribution in [3.8, 4) is 6.07 Å². The van der Waals surface area contributed by atoms with Crippen LogP contribution in [0.15, 0.2) is 0 Å². The highest BCUT2D eigenvalue weighted by molar-refractivity contribution is 6.65. The monoisotopic (exact) mass is 167 g/mol. The SMILES string of the molecule is N#CCC[B-]12OCCN1CCO2. The van der Waals surface area contributed by atoms with E-state index in [-0.39, 0.29) is 0 Å². The minimum absolute atomic E-state index is 0.524. The minimum atomic E-state index is -1.20. The summed E-state index contributed by atoms with van der Waals surface area (Å²) >= 11 is 0. The molecule has 0 unspecified atom stereocenters. The lowest BCUT2D eigenvalue weighted by molar-refractivity contribution is 0.220. The molecule has 0 aliphatic carbocycles. The van der Waals surface area contributed by atoms with Gasteiger partial charge in [-0.3, -0.25) is 0 Å². The molecule has 66 valence electrons. The van der Waals surface area contributed by atoms with Crippen molar-refractivity contribution in [3.63, 3.8) is 0 Å². The maximum atomic E-state index is 8.47. The van der Waals surface area contributed by atoms with E-state index in [0.717, 1.165) is 32.6 Å². The molecule has 2 fully saturated rings. The third-order valence-corrected chi connectivity index (χ3v) is 2.69. The zero-order valence-corrected chi connectivity index (χ0v) is 7.03. The van der Waals surface area contributed by atoms with E-state index in [9.17, 15) is 0 Å². The number of hydrogen-bond donors (Lipinski definition) is 0. The third kappa shape index (κ3) is 1.12. The van der Waals surface area contributed by atoms with Crippen molar-refractivity contribution >= 4 is 6.69 Å². The first kappa shape index (κ1) is 8.05. The second kappa shape index (κ2) is 3.06. The quantitative estimate of drug-likeness (QED) is 0.551. The van der Waals surface area contributed by atoms with Crippen molar-refractivity contribution in [1.29, 1.82) is 5.26 Å². The van der Waals surface area contributed by atoms with Gasteiger partial charge in [-0.2, -0.15) is 5.26 Å². The van der Waals surface area contributed by atoms with Gasteiger partial charge in [0, 0.05) is 19.6 Å². The molecule has 0 saturated carbocycles. The fourth-order valence-corrected chi connectivity index (χ4v) is 2.07. The molecule has 0 aromatic carbocycles. The van der Waals surface area contributed by atoms with Crippen molar-refractivity contribution in [2.45, 2.75) is 12.7 Å². The smallest absolute Gasteiger partial charge is 0.318 e. The Morgan fingerprint density at radius 1 is 1.33 bits per heavy atom. The van der Waals surface area contributed by atoms with Crippen LogP contribution >= 0.6 is 0 Å². The first-order chi connectivity index (χ1) is 5.87. The Hall–Kier alpha value is -0.565. The third-order valence-electron chi connectivity index (χ3n) is 2.69. The highest BCUT2D eigenvalue weighted by Gasteiger charge is 2.41. The van der Waals surface area contributed by atoms with E-state index in [1.165, 1.54) is 0 Å². The standard InChI is InChI=1S/C7H12BN2O2/c9-3-1-2-8-10(4-6-11-8)5-7-12-8/h1-2,4-7H2/q-1. The number of hydrogen-bond acceptors (Lipinski definition) is 4. The van der Waals surface area contributed by atoms with Gasteiger partial charge in [-0.05, 0) is 13.1 Å². The van der Waals surface area contributed by atoms with E-state index in [1.807, 2.05) is 0 Å². The number of fused-ring (bicyclic) bond motifs is 1. The molecule has 0 aromatic heterocycles. The van der Waals surface area contributed by atoms with Gasteiger partial charge < -0.3 is 14.1 Å². The second-order valence-corrected chi connectivity index (χ2v) is 3.30. The molecule has 2 saturated heterocycles. The van der Waals surface area contributed by atoms with Crippen LogP contribution in [0.5, 0.6) is 0 Å². The summed E-state index contributed by atoms with van der Waals surface area (Å²) in [6.07, 6.45) is 1.26. The summed E-state index contributed by atoms with van der Waals surface area (Å²) in [5.41, 5.74) is 0. The number of nitrogens with zero attached hydrogens (tertiary/aromatic N) is 2. The van der Waals surface area contributed by atoms with E-state index < -0.39 is 6.69 Å². The Kier molecular flexibility index (Phi) is 2.05. The van der Waals surface area contributed by atoms with Crippen LogP contribution in [0, 0.1) is 11.3 Å². The normalized spacial score (nSPS) is 26.9. The summed E-state index contributed by atoms with van der Waals surface area (Å²) < 4.78 is 11.2. The van der Waals surface area contributed by atoms with Crippen LogP contribution < -0.4 is 0 Å². The topological polar surface area (TPSA) is 45.5 Å². The molecule has 0 bridgehead atoms. The molecule has 4 nitrogen and oxygen atoms in total. The predicted octanol–water partition coefficient (Wildman–Crippen LogP) is 0.201. The minimum Gasteiger partial charge on any atom is -0.554 e. The van der Waals surface area contributed by atoms with Crippen LogP contribution in [-0.4, -0.2) is 37.8 Å². The van der Waals surface area contributed by atoms with E-state index in [4.69, 9.17) is 14.6 Å². The van der Waals surface area contributed by atoms with Crippen LogP contribution in [0.2, 0.25) is 6.32 Å². The Balaban J connectivity index is 2.02. The maximum Gasteiger partial charge on any atom is 0.318 e. The summed E-state index contributed by atoms with van der Waals surface area (Å²) in [4.78, 5) is 2.23. The van der Waals surface area contributed by atoms with Gasteiger partial charge in [0.1, 0.15) is 0 Å². The van der Waals surface area contributed by atoms with Crippen LogP contribution in [0.25, 0.3) is 0 Å². The van der Waals surface area contributed by atoms with Gasteiger partial charge >= 0.3 is 6.69 Å². The van der Waals surface area contributed by atoms with Crippen molar-refractivity contribution in [2.24, 2.45) is 0 Å². The summed E-state index contributed by atoms with van der Waals surface area (Å²) in [7, 11) is 0. The second-order valence-electron chi connectivity index (χ2n) is 3.30. The molecule has 2 heterocycles. The van der Waals surface area contributed by atoms with Crippen LogP contribution in [-0.2, 0) is 9.31 Å². The average Bonchev–Trinajstić information content (AvgIpc) is 2.58. The first-order valence-electron chi connectivity index (χ1n) is 4.42. The average molecular weight is 167 g/mol. The maximum absolute atomic E-state index is 8.47. The van der Waals surface area contributed by atoms with Gasteiger partial charge in [0.05, 0.1) is 6.07 Å². The van der Waals surface area contributed by atoms with Gasteiger partial charge in [-0.25, -0.2) is 0 Å². The largest absolute Gasteiger partial charge is 0.554 e. The molecule has 5 heteroatoms. The summed E-state index contributed by atoms with van der Waals surface area (Å²) in [5, 5.41) is 8.47. The van der Waals surface area contributed by atoms with Crippen molar-refractivity contribution in [3.05, 3.63) is 0 Å². The van der Waals surface area contributed by atoms with E-state index in [1.54, 1.807) is 0 Å². The molecule has 0 amide bonds. The van der Waals surface area contributed by atoms with E-state index in [0.29, 0.717) is 6.42 Å². The van der Waals surface area contributed by atoms with Crippen LogP contribution in [0.3, 0.4) is 0 Å². The Labute approximate surface area is 72.0 Å². The van der Waals surface area contributed by atoms with Gasteiger partial charge in [-0.15, -0.1) is 0 Å². The Morgan fingerprint density at radius 2 is 2.00 bits per heavy atom. The molecule has 0 aromatic rings. The predicted molar refractivity (Wildman–Crippen MR) is 44.3 cm³/mol. The zero-order chi connectivity index (χ0) is 8.44. The van der Waals surface area contributed by atoms with E-state index in [2.05, 4.69) is 10.9 Å². The molecule has 0 radical (unpaired) electrons. The summed E-state index contributed by atoms with van der Waals surface area (Å²) in [5.74, 6) is 0. The molecule has 0 spiro atoms. The van der Waals surface area contributed by atoms with Gasteiger partial charge in [0.15, 0.2) is 0 Å². The molecule has 0 atom stereocenters. The molecular formula is C7H12BN2O2-. The number of rotatable bonds is 2. The zero-order valence-electron chi connectivity index (χ0n) is 7.03. The molecule has 2 rings (SSSR count). The number of nitriles is 1. The van der Waals surface area contributed by atoms with Crippen molar-refractivity contribution in [2.75, 3.05) is 26.3 Å².